The van der Waals surface area contributed by atoms with Crippen molar-refractivity contribution in [3.8, 4) is 0 Å². The maximum absolute atomic E-state index is 12.7. The molecule has 0 radical (unpaired) electrons. The molecule has 7 nitrogen and oxygen atoms in total. The number of non-ortho nitro benzene ring substituents is 1. The smallest absolute Gasteiger partial charge is 0.341 e. The fourth-order valence-electron chi connectivity index (χ4n) is 3.86. The number of anilines is 1. The van der Waals surface area contributed by atoms with Crippen molar-refractivity contribution < 1.29 is 19.2 Å². The zero-order valence-corrected chi connectivity index (χ0v) is 18.4. The number of hydrogen-bond donors (Lipinski definition) is 1. The summed E-state index contributed by atoms with van der Waals surface area (Å²) in [4.78, 5) is 36.6. The van der Waals surface area contributed by atoms with E-state index in [1.807, 2.05) is 0 Å². The first-order chi connectivity index (χ1) is 14.2. The van der Waals surface area contributed by atoms with Gasteiger partial charge in [0.25, 0.3) is 11.6 Å². The highest BCUT2D eigenvalue weighted by molar-refractivity contribution is 7.17. The Balaban J connectivity index is 1.90. The van der Waals surface area contributed by atoms with Crippen LogP contribution in [-0.2, 0) is 17.6 Å². The lowest BCUT2D eigenvalue weighted by atomic mass is 9.69. The number of carbonyl (C=O) groups excluding carboxylic acids is 2. The van der Waals surface area contributed by atoms with Crippen LogP contribution >= 0.6 is 11.3 Å². The molecule has 1 aliphatic rings. The number of thiophene rings is 1. The summed E-state index contributed by atoms with van der Waals surface area (Å²) < 4.78 is 4.99. The summed E-state index contributed by atoms with van der Waals surface area (Å²) in [5.74, 6) is -0.365. The van der Waals surface area contributed by atoms with Crippen LogP contribution in [0.2, 0.25) is 0 Å². The van der Waals surface area contributed by atoms with E-state index in [1.54, 1.807) is 0 Å². The van der Waals surface area contributed by atoms with Crippen molar-refractivity contribution in [1.82, 2.24) is 0 Å². The van der Waals surface area contributed by atoms with Gasteiger partial charge in [0.2, 0.25) is 0 Å². The topological polar surface area (TPSA) is 98.5 Å². The second kappa shape index (κ2) is 8.55. The van der Waals surface area contributed by atoms with E-state index in [4.69, 9.17) is 4.74 Å². The molecule has 1 N–H and O–H groups in total. The van der Waals surface area contributed by atoms with Crippen LogP contribution in [0.5, 0.6) is 0 Å². The summed E-state index contributed by atoms with van der Waals surface area (Å²) in [5, 5.41) is 14.1. The van der Waals surface area contributed by atoms with Crippen LogP contribution < -0.4 is 5.32 Å². The number of nitrogens with zero attached hydrogens (tertiary/aromatic N) is 1. The second-order valence-corrected chi connectivity index (χ2v) is 9.34. The van der Waals surface area contributed by atoms with Gasteiger partial charge in [-0.05, 0) is 48.3 Å². The SMILES string of the molecule is CCC(C)(C)C1CCc2c(sc(NC(=O)c3ccc([N+](=O)[O-])cc3)c2C(=O)OC)C1. The summed E-state index contributed by atoms with van der Waals surface area (Å²) in [6.45, 7) is 6.74. The van der Waals surface area contributed by atoms with Crippen LogP contribution in [0, 0.1) is 21.4 Å². The van der Waals surface area contributed by atoms with Crippen molar-refractivity contribution >= 4 is 33.9 Å². The summed E-state index contributed by atoms with van der Waals surface area (Å²) in [6, 6.07) is 5.37. The van der Waals surface area contributed by atoms with E-state index in [0.717, 1.165) is 36.1 Å². The van der Waals surface area contributed by atoms with Crippen molar-refractivity contribution in [2.24, 2.45) is 11.3 Å². The average molecular weight is 431 g/mol. The average Bonchev–Trinajstić information content (AvgIpc) is 3.10. The lowest BCUT2D eigenvalue weighted by molar-refractivity contribution is -0.384. The summed E-state index contributed by atoms with van der Waals surface area (Å²) in [7, 11) is 1.33. The number of esters is 1. The molecular weight excluding hydrogens is 404 g/mol. The molecule has 1 unspecified atom stereocenters. The highest BCUT2D eigenvalue weighted by atomic mass is 32.1. The number of nitro groups is 1. The van der Waals surface area contributed by atoms with Gasteiger partial charge in [-0.15, -0.1) is 11.3 Å². The van der Waals surface area contributed by atoms with Crippen LogP contribution in [0.15, 0.2) is 24.3 Å². The van der Waals surface area contributed by atoms with E-state index in [0.29, 0.717) is 16.5 Å². The van der Waals surface area contributed by atoms with E-state index in [-0.39, 0.29) is 16.7 Å². The molecule has 1 atom stereocenters. The first-order valence-corrected chi connectivity index (χ1v) is 10.8. The Morgan fingerprint density at radius 3 is 2.53 bits per heavy atom. The number of carbonyl (C=O) groups is 2. The Bertz CT molecular complexity index is 978. The van der Waals surface area contributed by atoms with Gasteiger partial charge in [-0.3, -0.25) is 14.9 Å². The number of benzene rings is 1. The quantitative estimate of drug-likeness (QED) is 0.384. The second-order valence-electron chi connectivity index (χ2n) is 8.24. The normalized spacial score (nSPS) is 15.9. The minimum absolute atomic E-state index is 0.0852. The molecule has 0 saturated heterocycles. The van der Waals surface area contributed by atoms with E-state index in [9.17, 15) is 19.7 Å². The van der Waals surface area contributed by atoms with E-state index < -0.39 is 16.8 Å². The third kappa shape index (κ3) is 4.23. The molecule has 160 valence electrons. The van der Waals surface area contributed by atoms with Gasteiger partial charge >= 0.3 is 5.97 Å². The molecule has 30 heavy (non-hydrogen) atoms. The van der Waals surface area contributed by atoms with Gasteiger partial charge in [-0.1, -0.05) is 27.2 Å². The van der Waals surface area contributed by atoms with Crippen LogP contribution in [0.25, 0.3) is 0 Å². The Hall–Kier alpha value is -2.74. The van der Waals surface area contributed by atoms with Crippen molar-refractivity contribution in [3.63, 3.8) is 0 Å². The lowest BCUT2D eigenvalue weighted by Crippen LogP contribution is -2.28. The molecule has 1 aromatic carbocycles. The fraction of sp³-hybridized carbons (Fsp3) is 0.455. The fourth-order valence-corrected chi connectivity index (χ4v) is 5.17. The van der Waals surface area contributed by atoms with E-state index in [2.05, 4.69) is 26.1 Å². The standard InChI is InChI=1S/C22H26N2O5S/c1-5-22(2,3)14-8-11-16-17(12-14)30-20(18(16)21(26)29-4)23-19(25)13-6-9-15(10-7-13)24(27)28/h6-7,9-10,14H,5,8,11-12H2,1-4H3,(H,23,25). The summed E-state index contributed by atoms with van der Waals surface area (Å²) in [6.07, 6.45) is 3.71. The van der Waals surface area contributed by atoms with Crippen LogP contribution in [0.4, 0.5) is 10.7 Å². The number of fused-ring (bicyclic) bond motifs is 1. The minimum Gasteiger partial charge on any atom is -0.465 e. The Morgan fingerprint density at radius 1 is 1.30 bits per heavy atom. The van der Waals surface area contributed by atoms with Crippen molar-refractivity contribution in [2.45, 2.75) is 46.5 Å². The Kier molecular flexibility index (Phi) is 6.26. The van der Waals surface area contributed by atoms with Crippen LogP contribution in [0.1, 0.15) is 64.8 Å². The van der Waals surface area contributed by atoms with E-state index in [1.165, 1.54) is 42.7 Å². The lowest BCUT2D eigenvalue weighted by Gasteiger charge is -2.36. The zero-order valence-electron chi connectivity index (χ0n) is 17.6. The monoisotopic (exact) mass is 430 g/mol. The van der Waals surface area contributed by atoms with Crippen LogP contribution in [-0.4, -0.2) is 23.9 Å². The number of amides is 1. The largest absolute Gasteiger partial charge is 0.465 e. The number of methoxy groups -OCH3 is 1. The van der Waals surface area contributed by atoms with Gasteiger partial charge < -0.3 is 10.1 Å². The predicted octanol–water partition coefficient (Wildman–Crippen LogP) is 5.24. The Morgan fingerprint density at radius 2 is 1.97 bits per heavy atom. The highest BCUT2D eigenvalue weighted by Gasteiger charge is 2.35. The molecule has 0 spiro atoms. The molecule has 0 bridgehead atoms. The van der Waals surface area contributed by atoms with Crippen molar-refractivity contribution in [1.29, 1.82) is 0 Å². The minimum atomic E-state index is -0.515. The maximum Gasteiger partial charge on any atom is 0.341 e. The van der Waals surface area contributed by atoms with Gasteiger partial charge in [0.1, 0.15) is 5.00 Å². The molecule has 3 rings (SSSR count). The number of nitro benzene ring substituents is 1. The van der Waals surface area contributed by atoms with Crippen LogP contribution in [0.3, 0.4) is 0 Å². The number of nitrogens with one attached hydrogen (secondary N) is 1. The number of hydrogen-bond acceptors (Lipinski definition) is 6. The number of rotatable bonds is 6. The molecule has 0 saturated carbocycles. The number of ether oxygens (including phenoxy) is 1. The predicted molar refractivity (Wildman–Crippen MR) is 116 cm³/mol. The first kappa shape index (κ1) is 22.0. The van der Waals surface area contributed by atoms with E-state index >= 15 is 0 Å². The molecule has 1 amide bonds. The Labute approximate surface area is 179 Å². The third-order valence-corrected chi connectivity index (χ3v) is 7.41. The van der Waals surface area contributed by atoms with Gasteiger partial charge in [0, 0.05) is 22.6 Å². The molecule has 1 aromatic heterocycles. The van der Waals surface area contributed by atoms with Gasteiger partial charge in [0.15, 0.2) is 0 Å². The summed E-state index contributed by atoms with van der Waals surface area (Å²) >= 11 is 1.43. The molecule has 0 fully saturated rings. The molecule has 0 aliphatic heterocycles. The van der Waals surface area contributed by atoms with Gasteiger partial charge in [-0.25, -0.2) is 4.79 Å². The maximum atomic E-state index is 12.7. The molecule has 1 aliphatic carbocycles. The van der Waals surface area contributed by atoms with Crippen molar-refractivity contribution in [3.05, 3.63) is 55.9 Å². The molecule has 8 heteroatoms. The molecule has 2 aromatic rings. The van der Waals surface area contributed by atoms with Gasteiger partial charge in [0.05, 0.1) is 17.6 Å². The van der Waals surface area contributed by atoms with Crippen molar-refractivity contribution in [2.75, 3.05) is 12.4 Å². The third-order valence-electron chi connectivity index (χ3n) is 6.24. The summed E-state index contributed by atoms with van der Waals surface area (Å²) in [5.41, 5.74) is 1.80. The zero-order chi connectivity index (χ0) is 22.1. The van der Waals surface area contributed by atoms with Gasteiger partial charge in [-0.2, -0.15) is 0 Å². The molecule has 1 heterocycles. The molecular formula is C22H26N2O5S. The highest BCUT2D eigenvalue weighted by Crippen LogP contribution is 2.45. The first-order valence-electron chi connectivity index (χ1n) is 9.96.